The van der Waals surface area contributed by atoms with Gasteiger partial charge in [0.05, 0.1) is 19.1 Å². The van der Waals surface area contributed by atoms with Crippen molar-refractivity contribution in [2.45, 2.75) is 26.4 Å². The van der Waals surface area contributed by atoms with Crippen LogP contribution in [0.3, 0.4) is 0 Å². The first-order valence-corrected chi connectivity index (χ1v) is 7.77. The molecule has 0 saturated heterocycles. The predicted octanol–water partition coefficient (Wildman–Crippen LogP) is 3.57. The second-order valence-corrected chi connectivity index (χ2v) is 5.55. The number of nitrogens with one attached hydrogen (secondary N) is 1. The zero-order chi connectivity index (χ0) is 16.8. The summed E-state index contributed by atoms with van der Waals surface area (Å²) in [4.78, 5) is 12.3. The summed E-state index contributed by atoms with van der Waals surface area (Å²) in [5.41, 5.74) is 2.64. The number of rotatable bonds is 6. The number of carbonyl (C=O) groups excluding carboxylic acids is 1. The van der Waals surface area contributed by atoms with Gasteiger partial charge >= 0.3 is 0 Å². The second kappa shape index (κ2) is 7.79. The van der Waals surface area contributed by atoms with E-state index in [9.17, 15) is 9.90 Å². The monoisotopic (exact) mass is 313 g/mol. The molecule has 0 aliphatic rings. The Morgan fingerprint density at radius 2 is 1.74 bits per heavy atom. The molecule has 122 valence electrons. The molecule has 2 rings (SSSR count). The first-order chi connectivity index (χ1) is 11.0. The SMILES string of the molecule is CCc1ccc(NC(=O)C(C)C(O)c2ccc(OC)cc2)cc1. The van der Waals surface area contributed by atoms with Crippen LogP contribution < -0.4 is 10.1 Å². The fourth-order valence-corrected chi connectivity index (χ4v) is 2.31. The Bertz CT molecular complexity index is 635. The molecular formula is C19H23NO3. The van der Waals surface area contributed by atoms with Crippen LogP contribution in [0.25, 0.3) is 0 Å². The number of aryl methyl sites for hydroxylation is 1. The molecule has 0 fully saturated rings. The van der Waals surface area contributed by atoms with Gasteiger partial charge in [0.1, 0.15) is 5.75 Å². The zero-order valence-electron chi connectivity index (χ0n) is 13.7. The van der Waals surface area contributed by atoms with Crippen molar-refractivity contribution in [3.8, 4) is 5.75 Å². The molecule has 0 bridgehead atoms. The fraction of sp³-hybridized carbons (Fsp3) is 0.316. The molecule has 4 nitrogen and oxygen atoms in total. The lowest BCUT2D eigenvalue weighted by atomic mass is 9.96. The number of hydrogen-bond donors (Lipinski definition) is 2. The summed E-state index contributed by atoms with van der Waals surface area (Å²) in [6.07, 6.45) is 0.0942. The van der Waals surface area contributed by atoms with Gasteiger partial charge in [-0.3, -0.25) is 4.79 Å². The number of amides is 1. The summed E-state index contributed by atoms with van der Waals surface area (Å²) in [6.45, 7) is 3.80. The quantitative estimate of drug-likeness (QED) is 0.857. The molecule has 2 atom stereocenters. The molecule has 2 unspecified atom stereocenters. The maximum absolute atomic E-state index is 12.3. The van der Waals surface area contributed by atoms with E-state index in [2.05, 4.69) is 12.2 Å². The van der Waals surface area contributed by atoms with Crippen LogP contribution in [0.5, 0.6) is 5.75 Å². The average Bonchev–Trinajstić information content (AvgIpc) is 2.61. The van der Waals surface area contributed by atoms with E-state index in [-0.39, 0.29) is 5.91 Å². The molecule has 1 amide bonds. The third kappa shape index (κ3) is 4.33. The van der Waals surface area contributed by atoms with Crippen molar-refractivity contribution >= 4 is 11.6 Å². The normalized spacial score (nSPS) is 13.2. The first-order valence-electron chi connectivity index (χ1n) is 7.77. The van der Waals surface area contributed by atoms with Gasteiger partial charge in [-0.1, -0.05) is 38.1 Å². The second-order valence-electron chi connectivity index (χ2n) is 5.55. The molecule has 2 aromatic carbocycles. The molecule has 2 aromatic rings. The van der Waals surface area contributed by atoms with Crippen LogP contribution >= 0.6 is 0 Å². The molecule has 0 heterocycles. The van der Waals surface area contributed by atoms with Crippen molar-refractivity contribution in [3.05, 3.63) is 59.7 Å². The molecular weight excluding hydrogens is 290 g/mol. The highest BCUT2D eigenvalue weighted by Crippen LogP contribution is 2.25. The van der Waals surface area contributed by atoms with Gasteiger partial charge in [0.2, 0.25) is 5.91 Å². The highest BCUT2D eigenvalue weighted by Gasteiger charge is 2.23. The van der Waals surface area contributed by atoms with Crippen LogP contribution in [-0.4, -0.2) is 18.1 Å². The highest BCUT2D eigenvalue weighted by atomic mass is 16.5. The van der Waals surface area contributed by atoms with Crippen LogP contribution in [0.15, 0.2) is 48.5 Å². The number of aliphatic hydroxyl groups is 1. The van der Waals surface area contributed by atoms with Gasteiger partial charge in [-0.2, -0.15) is 0 Å². The van der Waals surface area contributed by atoms with Crippen LogP contribution in [0.1, 0.15) is 31.1 Å². The van der Waals surface area contributed by atoms with Crippen molar-refractivity contribution in [2.24, 2.45) is 5.92 Å². The summed E-state index contributed by atoms with van der Waals surface area (Å²) < 4.78 is 5.09. The number of aliphatic hydroxyl groups excluding tert-OH is 1. The molecule has 0 aliphatic carbocycles. The minimum atomic E-state index is -0.865. The van der Waals surface area contributed by atoms with Gasteiger partial charge < -0.3 is 15.2 Å². The average molecular weight is 313 g/mol. The Balaban J connectivity index is 2.02. The van der Waals surface area contributed by atoms with Crippen molar-refractivity contribution < 1.29 is 14.6 Å². The fourth-order valence-electron chi connectivity index (χ4n) is 2.31. The maximum Gasteiger partial charge on any atom is 0.230 e. The van der Waals surface area contributed by atoms with E-state index < -0.39 is 12.0 Å². The zero-order valence-corrected chi connectivity index (χ0v) is 13.7. The van der Waals surface area contributed by atoms with Crippen LogP contribution in [0.4, 0.5) is 5.69 Å². The number of hydrogen-bond acceptors (Lipinski definition) is 3. The van der Waals surface area contributed by atoms with Crippen molar-refractivity contribution in [3.63, 3.8) is 0 Å². The lowest BCUT2D eigenvalue weighted by Gasteiger charge is -2.19. The Kier molecular flexibility index (Phi) is 5.77. The van der Waals surface area contributed by atoms with Crippen LogP contribution in [0.2, 0.25) is 0 Å². The van der Waals surface area contributed by atoms with E-state index in [0.717, 1.165) is 12.1 Å². The Morgan fingerprint density at radius 3 is 2.26 bits per heavy atom. The standard InChI is InChI=1S/C19H23NO3/c1-4-14-5-9-16(10-6-14)20-19(22)13(2)18(21)15-7-11-17(23-3)12-8-15/h5-13,18,21H,4H2,1-3H3,(H,20,22). The summed E-state index contributed by atoms with van der Waals surface area (Å²) in [5, 5.41) is 13.2. The number of anilines is 1. The lowest BCUT2D eigenvalue weighted by molar-refractivity contribution is -0.122. The number of ether oxygens (including phenoxy) is 1. The largest absolute Gasteiger partial charge is 0.497 e. The molecule has 0 aliphatic heterocycles. The number of carbonyl (C=O) groups is 1. The summed E-state index contributed by atoms with van der Waals surface area (Å²) in [6, 6.07) is 14.8. The molecule has 4 heteroatoms. The molecule has 0 aromatic heterocycles. The van der Waals surface area contributed by atoms with Gasteiger partial charge in [-0.05, 0) is 41.8 Å². The summed E-state index contributed by atoms with van der Waals surface area (Å²) in [5.74, 6) is -0.0547. The molecule has 0 saturated carbocycles. The van der Waals surface area contributed by atoms with E-state index >= 15 is 0 Å². The van der Waals surface area contributed by atoms with Crippen LogP contribution in [-0.2, 0) is 11.2 Å². The third-order valence-corrected chi connectivity index (χ3v) is 3.97. The topological polar surface area (TPSA) is 58.6 Å². The van der Waals surface area contributed by atoms with Crippen molar-refractivity contribution in [2.75, 3.05) is 12.4 Å². The van der Waals surface area contributed by atoms with E-state index in [0.29, 0.717) is 11.3 Å². The Labute approximate surface area is 137 Å². The summed E-state index contributed by atoms with van der Waals surface area (Å²) >= 11 is 0. The van der Waals surface area contributed by atoms with Gasteiger partial charge in [-0.15, -0.1) is 0 Å². The number of benzene rings is 2. The molecule has 0 radical (unpaired) electrons. The van der Waals surface area contributed by atoms with Gasteiger partial charge in [0.25, 0.3) is 0 Å². The van der Waals surface area contributed by atoms with E-state index in [1.807, 2.05) is 24.3 Å². The van der Waals surface area contributed by atoms with Crippen molar-refractivity contribution in [1.82, 2.24) is 0 Å². The van der Waals surface area contributed by atoms with Gasteiger partial charge in [0, 0.05) is 5.69 Å². The van der Waals surface area contributed by atoms with Gasteiger partial charge in [-0.25, -0.2) is 0 Å². The molecule has 0 spiro atoms. The molecule has 23 heavy (non-hydrogen) atoms. The smallest absolute Gasteiger partial charge is 0.230 e. The van der Waals surface area contributed by atoms with Gasteiger partial charge in [0.15, 0.2) is 0 Å². The third-order valence-electron chi connectivity index (χ3n) is 3.97. The minimum Gasteiger partial charge on any atom is -0.497 e. The summed E-state index contributed by atoms with van der Waals surface area (Å²) in [7, 11) is 1.59. The van der Waals surface area contributed by atoms with E-state index in [4.69, 9.17) is 4.74 Å². The predicted molar refractivity (Wildman–Crippen MR) is 91.6 cm³/mol. The Morgan fingerprint density at radius 1 is 1.13 bits per heavy atom. The lowest BCUT2D eigenvalue weighted by Crippen LogP contribution is -2.25. The number of methoxy groups -OCH3 is 1. The molecule has 2 N–H and O–H groups in total. The van der Waals surface area contributed by atoms with Crippen molar-refractivity contribution in [1.29, 1.82) is 0 Å². The van der Waals surface area contributed by atoms with E-state index in [1.165, 1.54) is 5.56 Å². The maximum atomic E-state index is 12.3. The first kappa shape index (κ1) is 17.0. The van der Waals surface area contributed by atoms with Crippen LogP contribution in [0, 0.1) is 5.92 Å². The van der Waals surface area contributed by atoms with E-state index in [1.54, 1.807) is 38.3 Å². The minimum absolute atomic E-state index is 0.211. The Hall–Kier alpha value is -2.33. The highest BCUT2D eigenvalue weighted by molar-refractivity contribution is 5.92.